The Morgan fingerprint density at radius 3 is 2.41 bits per heavy atom. The topological polar surface area (TPSA) is 63.2 Å². The number of para-hydroxylation sites is 2. The van der Waals surface area contributed by atoms with E-state index in [0.29, 0.717) is 17.9 Å². The van der Waals surface area contributed by atoms with Crippen LogP contribution < -0.4 is 15.4 Å². The Bertz CT molecular complexity index is 916. The van der Waals surface area contributed by atoms with Gasteiger partial charge in [-0.2, -0.15) is 0 Å². The number of hydrogen-bond acceptors (Lipinski definition) is 4. The van der Waals surface area contributed by atoms with Crippen molar-refractivity contribution >= 4 is 17.4 Å². The second-order valence-corrected chi connectivity index (χ2v) is 6.32. The van der Waals surface area contributed by atoms with Crippen LogP contribution in [0.4, 0.5) is 11.5 Å². The van der Waals surface area contributed by atoms with Crippen molar-refractivity contribution in [3.05, 3.63) is 83.0 Å². The van der Waals surface area contributed by atoms with Gasteiger partial charge < -0.3 is 15.4 Å². The van der Waals surface area contributed by atoms with Crippen molar-refractivity contribution in [1.29, 1.82) is 0 Å². The largest absolute Gasteiger partial charge is 0.496 e. The summed E-state index contributed by atoms with van der Waals surface area (Å²) in [6.07, 6.45) is 1.58. The van der Waals surface area contributed by atoms with Crippen LogP contribution in [0.3, 0.4) is 0 Å². The summed E-state index contributed by atoms with van der Waals surface area (Å²) < 4.78 is 5.35. The average molecular weight is 361 g/mol. The molecule has 0 aliphatic rings. The summed E-state index contributed by atoms with van der Waals surface area (Å²) >= 11 is 0. The molecule has 138 valence electrons. The number of hydrogen-bond donors (Lipinski definition) is 2. The molecule has 0 fully saturated rings. The van der Waals surface area contributed by atoms with Crippen LogP contribution in [0.2, 0.25) is 0 Å². The smallest absolute Gasteiger partial charge is 0.257 e. The third-order valence-corrected chi connectivity index (χ3v) is 4.40. The van der Waals surface area contributed by atoms with Crippen LogP contribution in [-0.2, 0) is 6.54 Å². The van der Waals surface area contributed by atoms with E-state index < -0.39 is 0 Å². The predicted octanol–water partition coefficient (Wildman–Crippen LogP) is 4.57. The molecule has 0 aliphatic carbocycles. The molecule has 0 spiro atoms. The van der Waals surface area contributed by atoms with Gasteiger partial charge in [-0.1, -0.05) is 36.4 Å². The Kier molecular flexibility index (Phi) is 5.71. The molecule has 0 aliphatic heterocycles. The summed E-state index contributed by atoms with van der Waals surface area (Å²) in [7, 11) is 1.65. The lowest BCUT2D eigenvalue weighted by Crippen LogP contribution is -2.14. The quantitative estimate of drug-likeness (QED) is 0.675. The molecule has 1 aromatic heterocycles. The van der Waals surface area contributed by atoms with Crippen LogP contribution in [0.1, 0.15) is 27.0 Å². The molecule has 0 radical (unpaired) electrons. The first-order valence-electron chi connectivity index (χ1n) is 8.78. The highest BCUT2D eigenvalue weighted by Gasteiger charge is 2.10. The number of aromatic nitrogens is 1. The fraction of sp³-hybridized carbons (Fsp3) is 0.182. The van der Waals surface area contributed by atoms with E-state index in [4.69, 9.17) is 4.74 Å². The lowest BCUT2D eigenvalue weighted by Gasteiger charge is -2.12. The number of ether oxygens (including phenoxy) is 1. The molecule has 3 rings (SSSR count). The zero-order valence-electron chi connectivity index (χ0n) is 15.7. The van der Waals surface area contributed by atoms with Gasteiger partial charge in [0, 0.05) is 24.0 Å². The first-order valence-corrected chi connectivity index (χ1v) is 8.78. The highest BCUT2D eigenvalue weighted by molar-refractivity contribution is 6.04. The van der Waals surface area contributed by atoms with Crippen LogP contribution in [0.25, 0.3) is 0 Å². The second kappa shape index (κ2) is 8.36. The zero-order valence-corrected chi connectivity index (χ0v) is 15.7. The summed E-state index contributed by atoms with van der Waals surface area (Å²) in [5, 5.41) is 6.22. The van der Waals surface area contributed by atoms with Gasteiger partial charge in [-0.15, -0.1) is 0 Å². The highest BCUT2D eigenvalue weighted by Crippen LogP contribution is 2.21. The molecule has 1 heterocycles. The molecular formula is C22H23N3O2. The van der Waals surface area contributed by atoms with E-state index in [9.17, 15) is 4.79 Å². The summed E-state index contributed by atoms with van der Waals surface area (Å²) in [6.45, 7) is 4.54. The molecule has 0 saturated carbocycles. The van der Waals surface area contributed by atoms with Crippen molar-refractivity contribution < 1.29 is 9.53 Å². The van der Waals surface area contributed by atoms with E-state index in [1.165, 1.54) is 0 Å². The molecule has 0 saturated heterocycles. The Hall–Kier alpha value is -3.34. The fourth-order valence-electron chi connectivity index (χ4n) is 2.86. The minimum absolute atomic E-state index is 0.170. The van der Waals surface area contributed by atoms with Crippen molar-refractivity contribution in [3.8, 4) is 5.75 Å². The van der Waals surface area contributed by atoms with Crippen LogP contribution in [0.5, 0.6) is 5.75 Å². The lowest BCUT2D eigenvalue weighted by molar-refractivity contribution is 0.102. The SMILES string of the molecule is COc1ccccc1CNc1ccc(C(=O)Nc2c(C)cccc2C)cn1. The molecule has 27 heavy (non-hydrogen) atoms. The zero-order chi connectivity index (χ0) is 19.2. The number of rotatable bonds is 6. The van der Waals surface area contributed by atoms with E-state index in [1.807, 2.05) is 56.3 Å². The molecule has 5 nitrogen and oxygen atoms in total. The van der Waals surface area contributed by atoms with Crippen LogP contribution >= 0.6 is 0 Å². The maximum atomic E-state index is 12.5. The van der Waals surface area contributed by atoms with E-state index >= 15 is 0 Å². The molecule has 5 heteroatoms. The van der Waals surface area contributed by atoms with Crippen molar-refractivity contribution in [2.75, 3.05) is 17.7 Å². The maximum absolute atomic E-state index is 12.5. The normalized spacial score (nSPS) is 10.3. The minimum atomic E-state index is -0.170. The summed E-state index contributed by atoms with van der Waals surface area (Å²) in [4.78, 5) is 16.8. The number of aryl methyl sites for hydroxylation is 2. The van der Waals surface area contributed by atoms with E-state index in [0.717, 1.165) is 28.1 Å². The fourth-order valence-corrected chi connectivity index (χ4v) is 2.86. The third-order valence-electron chi connectivity index (χ3n) is 4.40. The van der Waals surface area contributed by atoms with Crippen molar-refractivity contribution in [3.63, 3.8) is 0 Å². The van der Waals surface area contributed by atoms with Gasteiger partial charge >= 0.3 is 0 Å². The van der Waals surface area contributed by atoms with Gasteiger partial charge in [0.25, 0.3) is 5.91 Å². The summed E-state index contributed by atoms with van der Waals surface area (Å²) in [5.41, 5.74) is 4.47. The Morgan fingerprint density at radius 2 is 1.74 bits per heavy atom. The van der Waals surface area contributed by atoms with Crippen molar-refractivity contribution in [2.45, 2.75) is 20.4 Å². The third kappa shape index (κ3) is 4.44. The number of amides is 1. The number of pyridine rings is 1. The van der Waals surface area contributed by atoms with E-state index in [-0.39, 0.29) is 5.91 Å². The average Bonchev–Trinajstić information content (AvgIpc) is 2.69. The van der Waals surface area contributed by atoms with Crippen LogP contribution in [0, 0.1) is 13.8 Å². The molecule has 1 amide bonds. The van der Waals surface area contributed by atoms with Crippen LogP contribution in [-0.4, -0.2) is 18.0 Å². The maximum Gasteiger partial charge on any atom is 0.257 e. The minimum Gasteiger partial charge on any atom is -0.496 e. The molecule has 2 N–H and O–H groups in total. The number of methoxy groups -OCH3 is 1. The highest BCUT2D eigenvalue weighted by atomic mass is 16.5. The monoisotopic (exact) mass is 361 g/mol. The van der Waals surface area contributed by atoms with E-state index in [2.05, 4.69) is 15.6 Å². The van der Waals surface area contributed by atoms with Gasteiger partial charge in [0.15, 0.2) is 0 Å². The van der Waals surface area contributed by atoms with Gasteiger partial charge in [-0.05, 0) is 43.2 Å². The van der Waals surface area contributed by atoms with Gasteiger partial charge in [-0.25, -0.2) is 4.98 Å². The first-order chi connectivity index (χ1) is 13.1. The Morgan fingerprint density at radius 1 is 1.00 bits per heavy atom. The van der Waals surface area contributed by atoms with Gasteiger partial charge in [-0.3, -0.25) is 4.79 Å². The predicted molar refractivity (Wildman–Crippen MR) is 108 cm³/mol. The molecule has 0 atom stereocenters. The summed E-state index contributed by atoms with van der Waals surface area (Å²) in [5.74, 6) is 1.36. The first kappa shape index (κ1) is 18.5. The van der Waals surface area contributed by atoms with E-state index in [1.54, 1.807) is 25.4 Å². The molecule has 3 aromatic rings. The van der Waals surface area contributed by atoms with Gasteiger partial charge in [0.05, 0.1) is 12.7 Å². The molecule has 0 unspecified atom stereocenters. The Labute approximate surface area is 159 Å². The lowest BCUT2D eigenvalue weighted by atomic mass is 10.1. The number of benzene rings is 2. The number of nitrogens with zero attached hydrogens (tertiary/aromatic N) is 1. The number of nitrogens with one attached hydrogen (secondary N) is 2. The number of anilines is 2. The second-order valence-electron chi connectivity index (χ2n) is 6.32. The standard InChI is InChI=1S/C22H23N3O2/c1-15-7-6-8-16(2)21(15)25-22(26)18-11-12-20(24-14-18)23-13-17-9-4-5-10-19(17)27-3/h4-12,14H,13H2,1-3H3,(H,23,24)(H,25,26). The van der Waals surface area contributed by atoms with Gasteiger partial charge in [0.1, 0.15) is 11.6 Å². The van der Waals surface area contributed by atoms with Crippen LogP contribution in [0.15, 0.2) is 60.8 Å². The molecular weight excluding hydrogens is 338 g/mol. The number of carbonyl (C=O) groups excluding carboxylic acids is 1. The van der Waals surface area contributed by atoms with Crippen molar-refractivity contribution in [1.82, 2.24) is 4.98 Å². The molecule has 0 bridgehead atoms. The van der Waals surface area contributed by atoms with Crippen molar-refractivity contribution in [2.24, 2.45) is 0 Å². The van der Waals surface area contributed by atoms with Gasteiger partial charge in [0.2, 0.25) is 0 Å². The molecule has 2 aromatic carbocycles. The number of carbonyl (C=O) groups is 1. The summed E-state index contributed by atoms with van der Waals surface area (Å²) in [6, 6.07) is 17.3. The Balaban J connectivity index is 1.65.